The minimum absolute atomic E-state index is 0.115. The maximum atomic E-state index is 12.2. The highest BCUT2D eigenvalue weighted by molar-refractivity contribution is 9.10. The van der Waals surface area contributed by atoms with Gasteiger partial charge in [0, 0.05) is 17.7 Å². The molecule has 0 saturated heterocycles. The Labute approximate surface area is 179 Å². The van der Waals surface area contributed by atoms with Crippen molar-refractivity contribution in [3.05, 3.63) is 104 Å². The molecule has 1 N–H and O–H groups in total. The van der Waals surface area contributed by atoms with E-state index >= 15 is 0 Å². The van der Waals surface area contributed by atoms with E-state index in [1.54, 1.807) is 42.5 Å². The van der Waals surface area contributed by atoms with E-state index in [0.29, 0.717) is 15.6 Å². The number of nitrogens with one attached hydrogen (secondary N) is 1. The van der Waals surface area contributed by atoms with Gasteiger partial charge in [-0.2, -0.15) is 5.10 Å². The molecule has 0 heterocycles. The van der Waals surface area contributed by atoms with Gasteiger partial charge in [0.05, 0.1) is 21.2 Å². The van der Waals surface area contributed by atoms with Crippen LogP contribution in [0, 0.1) is 10.1 Å². The van der Waals surface area contributed by atoms with E-state index in [4.69, 9.17) is 4.74 Å². The summed E-state index contributed by atoms with van der Waals surface area (Å²) in [5.74, 6) is -0.717. The topological polar surface area (TPSA) is 111 Å². The largest absolute Gasteiger partial charge is 0.422 e. The van der Waals surface area contributed by atoms with Gasteiger partial charge in [0.1, 0.15) is 5.75 Å². The summed E-state index contributed by atoms with van der Waals surface area (Å²) >= 11 is 3.32. The Kier molecular flexibility index (Phi) is 6.66. The molecular formula is C21H14BrN3O5. The molecule has 0 aliphatic rings. The number of esters is 1. The summed E-state index contributed by atoms with van der Waals surface area (Å²) in [6.07, 6.45) is 1.45. The van der Waals surface area contributed by atoms with Crippen LogP contribution in [-0.2, 0) is 0 Å². The van der Waals surface area contributed by atoms with Crippen LogP contribution in [0.25, 0.3) is 0 Å². The number of hydrazone groups is 1. The summed E-state index contributed by atoms with van der Waals surface area (Å²) in [7, 11) is 0. The zero-order chi connectivity index (χ0) is 21.5. The van der Waals surface area contributed by atoms with E-state index in [1.807, 2.05) is 6.07 Å². The zero-order valence-electron chi connectivity index (χ0n) is 15.3. The number of amides is 1. The molecule has 0 unspecified atom stereocenters. The van der Waals surface area contributed by atoms with Gasteiger partial charge in [-0.1, -0.05) is 18.2 Å². The lowest BCUT2D eigenvalue weighted by Crippen LogP contribution is -2.17. The molecule has 0 radical (unpaired) electrons. The third kappa shape index (κ3) is 5.36. The number of nitrogens with zero attached hydrogens (tertiary/aromatic N) is 2. The Bertz CT molecular complexity index is 1120. The molecule has 0 atom stereocenters. The molecule has 0 aliphatic carbocycles. The van der Waals surface area contributed by atoms with Crippen LogP contribution >= 0.6 is 15.9 Å². The monoisotopic (exact) mass is 467 g/mol. The minimum atomic E-state index is -0.651. The third-order valence-electron chi connectivity index (χ3n) is 3.89. The van der Waals surface area contributed by atoms with Gasteiger partial charge in [-0.3, -0.25) is 14.9 Å². The predicted octanol–water partition coefficient (Wildman–Crippen LogP) is 4.34. The smallest absolute Gasteiger partial charge is 0.343 e. The first-order valence-electron chi connectivity index (χ1n) is 8.58. The Morgan fingerprint density at radius 3 is 2.33 bits per heavy atom. The molecule has 0 aliphatic heterocycles. The number of ether oxygens (including phenoxy) is 1. The van der Waals surface area contributed by atoms with Crippen LogP contribution in [0.2, 0.25) is 0 Å². The summed E-state index contributed by atoms with van der Waals surface area (Å²) in [5, 5.41) is 14.6. The third-order valence-corrected chi connectivity index (χ3v) is 4.51. The summed E-state index contributed by atoms with van der Waals surface area (Å²) in [5.41, 5.74) is 3.64. The summed E-state index contributed by atoms with van der Waals surface area (Å²) in [6, 6.07) is 18.7. The van der Waals surface area contributed by atoms with Crippen LogP contribution in [0.1, 0.15) is 26.3 Å². The zero-order valence-corrected chi connectivity index (χ0v) is 16.9. The van der Waals surface area contributed by atoms with Crippen molar-refractivity contribution >= 4 is 39.7 Å². The molecule has 0 fully saturated rings. The molecule has 0 aromatic heterocycles. The standard InChI is InChI=1S/C21H14BrN3O5/c22-18-12-14(13-23-24-20(26)15-4-2-1-3-5-15)6-11-19(18)30-21(27)16-7-9-17(10-8-16)25(28)29/h1-13H,(H,24,26). The molecular weight excluding hydrogens is 454 g/mol. The first kappa shape index (κ1) is 20.9. The average Bonchev–Trinajstić information content (AvgIpc) is 2.76. The molecule has 9 heteroatoms. The van der Waals surface area contributed by atoms with Gasteiger partial charge in [-0.15, -0.1) is 0 Å². The molecule has 0 bridgehead atoms. The van der Waals surface area contributed by atoms with E-state index in [0.717, 1.165) is 0 Å². The normalized spacial score (nSPS) is 10.6. The number of hydrogen-bond acceptors (Lipinski definition) is 6. The van der Waals surface area contributed by atoms with E-state index in [9.17, 15) is 19.7 Å². The van der Waals surface area contributed by atoms with Gasteiger partial charge in [-0.05, 0) is 64.0 Å². The lowest BCUT2D eigenvalue weighted by Gasteiger charge is -2.07. The van der Waals surface area contributed by atoms with Crippen molar-refractivity contribution in [2.45, 2.75) is 0 Å². The number of nitro groups is 1. The number of carbonyl (C=O) groups is 2. The molecule has 30 heavy (non-hydrogen) atoms. The summed E-state index contributed by atoms with van der Waals surface area (Å²) in [6.45, 7) is 0. The number of hydrogen-bond donors (Lipinski definition) is 1. The van der Waals surface area contributed by atoms with Crippen molar-refractivity contribution in [2.75, 3.05) is 0 Å². The first-order valence-corrected chi connectivity index (χ1v) is 9.38. The fourth-order valence-electron chi connectivity index (χ4n) is 2.38. The predicted molar refractivity (Wildman–Crippen MR) is 114 cm³/mol. The minimum Gasteiger partial charge on any atom is -0.422 e. The van der Waals surface area contributed by atoms with Crippen molar-refractivity contribution < 1.29 is 19.2 Å². The second-order valence-corrected chi connectivity index (χ2v) is 6.80. The molecule has 3 rings (SSSR count). The molecule has 8 nitrogen and oxygen atoms in total. The molecule has 150 valence electrons. The highest BCUT2D eigenvalue weighted by Crippen LogP contribution is 2.26. The first-order chi connectivity index (χ1) is 14.4. The summed E-state index contributed by atoms with van der Waals surface area (Å²) in [4.78, 5) is 34.3. The number of halogens is 1. The number of benzene rings is 3. The van der Waals surface area contributed by atoms with Crippen LogP contribution in [0.3, 0.4) is 0 Å². The van der Waals surface area contributed by atoms with Crippen molar-refractivity contribution in [3.8, 4) is 5.75 Å². The SMILES string of the molecule is O=C(NN=Cc1ccc(OC(=O)c2ccc([N+](=O)[O-])cc2)c(Br)c1)c1ccccc1. The van der Waals surface area contributed by atoms with Crippen LogP contribution in [-0.4, -0.2) is 23.0 Å². The van der Waals surface area contributed by atoms with Crippen LogP contribution in [0.5, 0.6) is 5.75 Å². The van der Waals surface area contributed by atoms with Crippen LogP contribution < -0.4 is 10.2 Å². The van der Waals surface area contributed by atoms with Gasteiger partial charge in [-0.25, -0.2) is 10.2 Å². The number of rotatable bonds is 6. The Morgan fingerprint density at radius 2 is 1.70 bits per heavy atom. The van der Waals surface area contributed by atoms with E-state index in [2.05, 4.69) is 26.5 Å². The molecule has 3 aromatic carbocycles. The Balaban J connectivity index is 1.62. The molecule has 0 spiro atoms. The van der Waals surface area contributed by atoms with Crippen molar-refractivity contribution in [1.29, 1.82) is 0 Å². The molecule has 0 saturated carbocycles. The van der Waals surface area contributed by atoms with Crippen LogP contribution in [0.4, 0.5) is 5.69 Å². The van der Waals surface area contributed by atoms with Gasteiger partial charge >= 0.3 is 5.97 Å². The van der Waals surface area contributed by atoms with E-state index in [1.165, 1.54) is 30.5 Å². The quantitative estimate of drug-likeness (QED) is 0.190. The maximum absolute atomic E-state index is 12.2. The molecule has 1 amide bonds. The second kappa shape index (κ2) is 9.57. The van der Waals surface area contributed by atoms with Crippen molar-refractivity contribution in [1.82, 2.24) is 5.43 Å². The highest BCUT2D eigenvalue weighted by Gasteiger charge is 2.13. The number of nitro benzene ring substituents is 1. The summed E-state index contributed by atoms with van der Waals surface area (Å²) < 4.78 is 5.81. The van der Waals surface area contributed by atoms with E-state index in [-0.39, 0.29) is 22.9 Å². The number of non-ortho nitro benzene ring substituents is 1. The fraction of sp³-hybridized carbons (Fsp3) is 0. The second-order valence-electron chi connectivity index (χ2n) is 5.95. The number of carbonyl (C=O) groups excluding carboxylic acids is 2. The van der Waals surface area contributed by atoms with Gasteiger partial charge in [0.25, 0.3) is 11.6 Å². The van der Waals surface area contributed by atoms with Gasteiger partial charge in [0.2, 0.25) is 0 Å². The molecule has 3 aromatic rings. The lowest BCUT2D eigenvalue weighted by molar-refractivity contribution is -0.384. The van der Waals surface area contributed by atoms with E-state index < -0.39 is 10.9 Å². The average molecular weight is 468 g/mol. The van der Waals surface area contributed by atoms with Gasteiger partial charge < -0.3 is 4.74 Å². The fourth-order valence-corrected chi connectivity index (χ4v) is 2.86. The highest BCUT2D eigenvalue weighted by atomic mass is 79.9. The maximum Gasteiger partial charge on any atom is 0.343 e. The lowest BCUT2D eigenvalue weighted by atomic mass is 10.2. The van der Waals surface area contributed by atoms with Crippen molar-refractivity contribution in [2.24, 2.45) is 5.10 Å². The Hall–Kier alpha value is -3.85. The van der Waals surface area contributed by atoms with Crippen molar-refractivity contribution in [3.63, 3.8) is 0 Å². The Morgan fingerprint density at radius 1 is 1.00 bits per heavy atom. The van der Waals surface area contributed by atoms with Gasteiger partial charge in [0.15, 0.2) is 0 Å². The van der Waals surface area contributed by atoms with Crippen LogP contribution in [0.15, 0.2) is 82.4 Å².